The van der Waals surface area contributed by atoms with Crippen molar-refractivity contribution in [2.24, 2.45) is 0 Å². The van der Waals surface area contributed by atoms with E-state index < -0.39 is 41.2 Å². The Balaban J connectivity index is 1.23. The lowest BCUT2D eigenvalue weighted by Crippen LogP contribution is -2.49. The van der Waals surface area contributed by atoms with E-state index in [4.69, 9.17) is 14.2 Å². The van der Waals surface area contributed by atoms with Crippen LogP contribution in [-0.4, -0.2) is 55.6 Å². The van der Waals surface area contributed by atoms with Crippen molar-refractivity contribution < 1.29 is 32.6 Å². The van der Waals surface area contributed by atoms with Crippen LogP contribution in [0.4, 0.5) is 14.5 Å². The molecule has 11 heteroatoms. The lowest BCUT2D eigenvalue weighted by molar-refractivity contribution is -0.166. The molecule has 3 atom stereocenters. The molecule has 47 heavy (non-hydrogen) atoms. The van der Waals surface area contributed by atoms with E-state index in [1.807, 2.05) is 30.0 Å². The highest BCUT2D eigenvalue weighted by Gasteiger charge is 2.33. The SMILES string of the molecule is COc1c(N2CCNC(C)C2)c(F)cc2c(=O)c(C(=O)OC(C)OC(=O)C(C)c3ccc(-c4ccccc4)c(F)c3)cn(C3CC3)c12. The maximum atomic E-state index is 15.8. The summed E-state index contributed by atoms with van der Waals surface area (Å²) in [4.78, 5) is 41.9. The first-order valence-electron chi connectivity index (χ1n) is 15.8. The Kier molecular flexibility index (Phi) is 9.01. The standard InChI is InChI=1S/C36H37F2N3O6/c1-20-18-40(15-14-39-20)32-30(38)17-27-31(34(32)45-4)41(25-11-12-25)19-28(33(27)42)36(44)47-22(3)46-35(43)21(2)24-10-13-26(29(37)16-24)23-8-6-5-7-9-23/h5-10,13,16-17,19-22,25,39H,11-12,14-15,18H2,1-4H3. The van der Waals surface area contributed by atoms with Crippen LogP contribution in [0.5, 0.6) is 5.75 Å². The molecule has 4 aromatic rings. The summed E-state index contributed by atoms with van der Waals surface area (Å²) in [6.07, 6.45) is 1.68. The van der Waals surface area contributed by atoms with Gasteiger partial charge in [-0.3, -0.25) is 9.59 Å². The van der Waals surface area contributed by atoms with Crippen LogP contribution in [0, 0.1) is 11.6 Å². The van der Waals surface area contributed by atoms with Crippen LogP contribution in [0.3, 0.4) is 0 Å². The zero-order valence-electron chi connectivity index (χ0n) is 26.7. The van der Waals surface area contributed by atoms with Gasteiger partial charge in [-0.15, -0.1) is 0 Å². The summed E-state index contributed by atoms with van der Waals surface area (Å²) in [6.45, 7) is 6.71. The van der Waals surface area contributed by atoms with E-state index in [0.29, 0.717) is 41.8 Å². The third-order valence-corrected chi connectivity index (χ3v) is 8.73. The van der Waals surface area contributed by atoms with E-state index in [0.717, 1.165) is 18.9 Å². The molecule has 246 valence electrons. The number of esters is 2. The summed E-state index contributed by atoms with van der Waals surface area (Å²) in [5.41, 5.74) is 1.15. The monoisotopic (exact) mass is 645 g/mol. The molecule has 1 saturated carbocycles. The molecule has 1 saturated heterocycles. The number of halogens is 2. The maximum Gasteiger partial charge on any atom is 0.346 e. The van der Waals surface area contributed by atoms with E-state index in [1.165, 1.54) is 26.3 Å². The predicted octanol–water partition coefficient (Wildman–Crippen LogP) is 5.94. The van der Waals surface area contributed by atoms with Crippen molar-refractivity contribution >= 4 is 28.5 Å². The normalized spacial score (nSPS) is 17.7. The molecule has 0 amide bonds. The minimum absolute atomic E-state index is 0.00752. The Morgan fingerprint density at radius 1 is 1.00 bits per heavy atom. The number of nitrogens with one attached hydrogen (secondary N) is 1. The number of anilines is 1. The van der Waals surface area contributed by atoms with Crippen molar-refractivity contribution in [2.45, 2.75) is 57.9 Å². The molecule has 2 heterocycles. The molecule has 9 nitrogen and oxygen atoms in total. The fourth-order valence-electron chi connectivity index (χ4n) is 6.15. The van der Waals surface area contributed by atoms with Gasteiger partial charge in [-0.25, -0.2) is 13.6 Å². The molecular weight excluding hydrogens is 608 g/mol. The maximum absolute atomic E-state index is 15.8. The van der Waals surface area contributed by atoms with E-state index >= 15 is 4.39 Å². The number of methoxy groups -OCH3 is 1. The zero-order valence-corrected chi connectivity index (χ0v) is 26.7. The second-order valence-corrected chi connectivity index (χ2v) is 12.2. The molecule has 2 aliphatic rings. The molecular formula is C36H37F2N3O6. The van der Waals surface area contributed by atoms with Gasteiger partial charge in [-0.05, 0) is 49.9 Å². The number of nitrogens with zero attached hydrogens (tertiary/aromatic N) is 2. The Hall–Kier alpha value is -4.77. The van der Waals surface area contributed by atoms with Gasteiger partial charge in [0.05, 0.1) is 23.9 Å². The molecule has 0 radical (unpaired) electrons. The Morgan fingerprint density at radius 3 is 2.40 bits per heavy atom. The molecule has 1 aromatic heterocycles. The number of aromatic nitrogens is 1. The van der Waals surface area contributed by atoms with E-state index in [9.17, 15) is 18.8 Å². The number of carbonyl (C=O) groups excluding carboxylic acids is 2. The Labute approximate surface area is 271 Å². The van der Waals surface area contributed by atoms with Crippen LogP contribution in [0.1, 0.15) is 61.5 Å². The van der Waals surface area contributed by atoms with Crippen molar-refractivity contribution in [3.05, 3.63) is 93.8 Å². The van der Waals surface area contributed by atoms with Gasteiger partial charge in [0.25, 0.3) is 0 Å². The second-order valence-electron chi connectivity index (χ2n) is 12.2. The van der Waals surface area contributed by atoms with Crippen molar-refractivity contribution in [3.8, 4) is 16.9 Å². The number of piperazine rings is 1. The van der Waals surface area contributed by atoms with Gasteiger partial charge in [-0.1, -0.05) is 42.5 Å². The van der Waals surface area contributed by atoms with Gasteiger partial charge in [-0.2, -0.15) is 0 Å². The first-order valence-corrected chi connectivity index (χ1v) is 15.8. The number of fused-ring (bicyclic) bond motifs is 1. The minimum Gasteiger partial charge on any atom is -0.492 e. The molecule has 6 rings (SSSR count). The van der Waals surface area contributed by atoms with Crippen molar-refractivity contribution in [1.29, 1.82) is 0 Å². The summed E-state index contributed by atoms with van der Waals surface area (Å²) < 4.78 is 49.0. The van der Waals surface area contributed by atoms with E-state index in [1.54, 1.807) is 35.8 Å². The smallest absolute Gasteiger partial charge is 0.346 e. The summed E-state index contributed by atoms with van der Waals surface area (Å²) in [6, 6.07) is 14.8. The molecule has 1 N–H and O–H groups in total. The number of carbonyl (C=O) groups is 2. The highest BCUT2D eigenvalue weighted by atomic mass is 19.1. The van der Waals surface area contributed by atoms with Crippen LogP contribution >= 0.6 is 0 Å². The van der Waals surface area contributed by atoms with Crippen molar-refractivity contribution in [2.75, 3.05) is 31.6 Å². The van der Waals surface area contributed by atoms with Crippen LogP contribution < -0.4 is 20.4 Å². The third kappa shape index (κ3) is 6.44. The Morgan fingerprint density at radius 2 is 1.74 bits per heavy atom. The van der Waals surface area contributed by atoms with Gasteiger partial charge in [0.15, 0.2) is 11.6 Å². The molecule has 1 aliphatic carbocycles. The van der Waals surface area contributed by atoms with Gasteiger partial charge >= 0.3 is 11.9 Å². The van der Waals surface area contributed by atoms with E-state index in [2.05, 4.69) is 5.32 Å². The molecule has 0 bridgehead atoms. The molecule has 0 spiro atoms. The second kappa shape index (κ2) is 13.2. The van der Waals surface area contributed by atoms with Crippen LogP contribution in [-0.2, 0) is 14.3 Å². The summed E-state index contributed by atoms with van der Waals surface area (Å²) in [5, 5.41) is 3.33. The number of benzene rings is 3. The van der Waals surface area contributed by atoms with Crippen molar-refractivity contribution in [3.63, 3.8) is 0 Å². The van der Waals surface area contributed by atoms with Crippen molar-refractivity contribution in [1.82, 2.24) is 9.88 Å². The average molecular weight is 646 g/mol. The number of ether oxygens (including phenoxy) is 3. The summed E-state index contributed by atoms with van der Waals surface area (Å²) >= 11 is 0. The molecule has 1 aliphatic heterocycles. The highest BCUT2D eigenvalue weighted by Crippen LogP contribution is 2.44. The van der Waals surface area contributed by atoms with Crippen LogP contribution in [0.15, 0.2) is 65.6 Å². The summed E-state index contributed by atoms with van der Waals surface area (Å²) in [7, 11) is 1.44. The first kappa shape index (κ1) is 32.2. The van der Waals surface area contributed by atoms with Gasteiger partial charge in [0.2, 0.25) is 11.7 Å². The lowest BCUT2D eigenvalue weighted by Gasteiger charge is -2.35. The zero-order chi connectivity index (χ0) is 33.4. The topological polar surface area (TPSA) is 99.1 Å². The average Bonchev–Trinajstić information content (AvgIpc) is 3.90. The Bertz CT molecular complexity index is 1890. The van der Waals surface area contributed by atoms with Gasteiger partial charge in [0.1, 0.15) is 17.1 Å². The predicted molar refractivity (Wildman–Crippen MR) is 174 cm³/mol. The molecule has 3 unspecified atom stereocenters. The summed E-state index contributed by atoms with van der Waals surface area (Å²) in [5.74, 6) is -3.50. The first-order chi connectivity index (χ1) is 22.6. The lowest BCUT2D eigenvalue weighted by atomic mass is 9.97. The number of hydrogen-bond donors (Lipinski definition) is 1. The fourth-order valence-corrected chi connectivity index (χ4v) is 6.15. The third-order valence-electron chi connectivity index (χ3n) is 8.73. The van der Waals surface area contributed by atoms with E-state index in [-0.39, 0.29) is 34.5 Å². The van der Waals surface area contributed by atoms with Crippen LogP contribution in [0.25, 0.3) is 22.0 Å². The molecule has 2 fully saturated rings. The van der Waals surface area contributed by atoms with Gasteiger partial charge in [0, 0.05) is 50.4 Å². The number of rotatable bonds is 9. The fraction of sp³-hybridized carbons (Fsp3) is 0.361. The van der Waals surface area contributed by atoms with Gasteiger partial charge < -0.3 is 29.0 Å². The minimum atomic E-state index is -1.36. The number of pyridine rings is 1. The quantitative estimate of drug-likeness (QED) is 0.177. The largest absolute Gasteiger partial charge is 0.492 e. The molecule has 3 aromatic carbocycles. The van der Waals surface area contributed by atoms with Crippen LogP contribution in [0.2, 0.25) is 0 Å². The number of hydrogen-bond acceptors (Lipinski definition) is 8. The highest BCUT2D eigenvalue weighted by molar-refractivity contribution is 5.98.